The quantitative estimate of drug-likeness (QED) is 0.396. The molecule has 0 saturated carbocycles. The summed E-state index contributed by atoms with van der Waals surface area (Å²) in [5.74, 6) is 0. The molecule has 15 heavy (non-hydrogen) atoms. The van der Waals surface area contributed by atoms with E-state index in [1.54, 1.807) is 0 Å². The van der Waals surface area contributed by atoms with Gasteiger partial charge in [-0.25, -0.2) is 0 Å². The van der Waals surface area contributed by atoms with Crippen molar-refractivity contribution in [1.82, 2.24) is 0 Å². The summed E-state index contributed by atoms with van der Waals surface area (Å²) in [5, 5.41) is 8.60. The van der Waals surface area contributed by atoms with Gasteiger partial charge in [0.1, 0.15) is 0 Å². The van der Waals surface area contributed by atoms with Crippen molar-refractivity contribution in [3.05, 3.63) is 12.2 Å². The summed E-state index contributed by atoms with van der Waals surface area (Å²) >= 11 is 0. The third kappa shape index (κ3) is 13.7. The van der Waals surface area contributed by atoms with E-state index in [0.717, 1.165) is 6.42 Å². The van der Waals surface area contributed by atoms with Gasteiger partial charge < -0.3 is 5.11 Å². The van der Waals surface area contributed by atoms with E-state index in [-0.39, 0.29) is 0 Å². The van der Waals surface area contributed by atoms with Crippen molar-refractivity contribution >= 4 is 0 Å². The molecule has 0 bridgehead atoms. The number of aliphatic hydroxyl groups excluding tert-OH is 1. The number of hydrogen-bond donors (Lipinski definition) is 1. The van der Waals surface area contributed by atoms with Crippen LogP contribution in [0, 0.1) is 0 Å². The molecule has 1 nitrogen and oxygen atoms in total. The van der Waals surface area contributed by atoms with Crippen molar-refractivity contribution in [3.8, 4) is 0 Å². The Labute approximate surface area is 95.6 Å². The van der Waals surface area contributed by atoms with E-state index in [4.69, 9.17) is 5.11 Å². The van der Waals surface area contributed by atoms with Gasteiger partial charge in [0.05, 0.1) is 0 Å². The first-order valence-electron chi connectivity index (χ1n) is 6.67. The van der Waals surface area contributed by atoms with Gasteiger partial charge in [0.15, 0.2) is 0 Å². The van der Waals surface area contributed by atoms with Crippen LogP contribution in [0.2, 0.25) is 0 Å². The second kappa shape index (κ2) is 13.7. The van der Waals surface area contributed by atoms with E-state index in [2.05, 4.69) is 19.1 Å². The minimum atomic E-state index is 0.361. The molecule has 0 saturated heterocycles. The summed E-state index contributed by atoms with van der Waals surface area (Å²) in [4.78, 5) is 0. The molecule has 0 fully saturated rings. The number of rotatable bonds is 11. The lowest BCUT2D eigenvalue weighted by atomic mass is 10.1. The standard InChI is InChI=1S/C14H28O/c1-2-3-4-5-6-7-8-9-10-11-12-13-14-15/h5-6,15H,2-4,7-14H2,1H3/b6-5+. The van der Waals surface area contributed by atoms with Gasteiger partial charge >= 0.3 is 0 Å². The minimum absolute atomic E-state index is 0.361. The van der Waals surface area contributed by atoms with Crippen LogP contribution < -0.4 is 0 Å². The maximum absolute atomic E-state index is 8.60. The molecule has 0 atom stereocenters. The van der Waals surface area contributed by atoms with Crippen molar-refractivity contribution < 1.29 is 5.11 Å². The van der Waals surface area contributed by atoms with Gasteiger partial charge in [-0.2, -0.15) is 0 Å². The summed E-state index contributed by atoms with van der Waals surface area (Å²) in [5.41, 5.74) is 0. The Morgan fingerprint density at radius 2 is 1.27 bits per heavy atom. The fourth-order valence-electron chi connectivity index (χ4n) is 1.64. The van der Waals surface area contributed by atoms with E-state index in [9.17, 15) is 0 Å². The zero-order valence-corrected chi connectivity index (χ0v) is 10.4. The number of allylic oxidation sites excluding steroid dienone is 2. The van der Waals surface area contributed by atoms with Crippen LogP contribution in [0.4, 0.5) is 0 Å². The lowest BCUT2D eigenvalue weighted by Crippen LogP contribution is -1.83. The SMILES string of the molecule is CCCC/C=C/CCCCCCCCO. The first kappa shape index (κ1) is 14.7. The predicted molar refractivity (Wildman–Crippen MR) is 68.1 cm³/mol. The second-order valence-electron chi connectivity index (χ2n) is 4.25. The summed E-state index contributed by atoms with van der Waals surface area (Å²) in [6.07, 6.45) is 17.3. The molecular formula is C14H28O. The first-order chi connectivity index (χ1) is 7.41. The molecule has 0 aliphatic carbocycles. The lowest BCUT2D eigenvalue weighted by molar-refractivity contribution is 0.282. The maximum atomic E-state index is 8.60. The molecule has 0 spiro atoms. The molecule has 1 heteroatoms. The summed E-state index contributed by atoms with van der Waals surface area (Å²) in [6, 6.07) is 0. The van der Waals surface area contributed by atoms with Crippen LogP contribution in [-0.2, 0) is 0 Å². The third-order valence-corrected chi connectivity index (χ3v) is 2.67. The van der Waals surface area contributed by atoms with E-state index < -0.39 is 0 Å². The number of unbranched alkanes of at least 4 members (excludes halogenated alkanes) is 8. The Balaban J connectivity index is 2.95. The van der Waals surface area contributed by atoms with Gasteiger partial charge in [-0.3, -0.25) is 0 Å². The van der Waals surface area contributed by atoms with Crippen molar-refractivity contribution in [1.29, 1.82) is 0 Å². The molecule has 1 N–H and O–H groups in total. The second-order valence-corrected chi connectivity index (χ2v) is 4.25. The van der Waals surface area contributed by atoms with Gasteiger partial charge in [0.25, 0.3) is 0 Å². The highest BCUT2D eigenvalue weighted by atomic mass is 16.2. The molecule has 0 heterocycles. The van der Waals surface area contributed by atoms with Crippen molar-refractivity contribution in [2.45, 2.75) is 71.1 Å². The van der Waals surface area contributed by atoms with Crippen LogP contribution in [-0.4, -0.2) is 11.7 Å². The Morgan fingerprint density at radius 1 is 0.733 bits per heavy atom. The fourth-order valence-corrected chi connectivity index (χ4v) is 1.64. The van der Waals surface area contributed by atoms with Crippen molar-refractivity contribution in [2.75, 3.05) is 6.61 Å². The molecule has 0 aliphatic heterocycles. The highest BCUT2D eigenvalue weighted by Crippen LogP contribution is 2.07. The summed E-state index contributed by atoms with van der Waals surface area (Å²) in [7, 11) is 0. The fraction of sp³-hybridized carbons (Fsp3) is 0.857. The van der Waals surface area contributed by atoms with Crippen LogP contribution in [0.25, 0.3) is 0 Å². The first-order valence-corrected chi connectivity index (χ1v) is 6.67. The smallest absolute Gasteiger partial charge is 0.0431 e. The zero-order chi connectivity index (χ0) is 11.2. The molecular weight excluding hydrogens is 184 g/mol. The van der Waals surface area contributed by atoms with Crippen LogP contribution in [0.15, 0.2) is 12.2 Å². The zero-order valence-electron chi connectivity index (χ0n) is 10.4. The largest absolute Gasteiger partial charge is 0.396 e. The van der Waals surface area contributed by atoms with Crippen LogP contribution >= 0.6 is 0 Å². The highest BCUT2D eigenvalue weighted by Gasteiger charge is 1.89. The summed E-state index contributed by atoms with van der Waals surface area (Å²) in [6.45, 7) is 2.60. The Kier molecular flexibility index (Phi) is 13.4. The van der Waals surface area contributed by atoms with Crippen LogP contribution in [0.3, 0.4) is 0 Å². The van der Waals surface area contributed by atoms with Crippen molar-refractivity contribution in [3.63, 3.8) is 0 Å². The minimum Gasteiger partial charge on any atom is -0.396 e. The average Bonchev–Trinajstić information content (AvgIpc) is 2.26. The van der Waals surface area contributed by atoms with Gasteiger partial charge in [-0.1, -0.05) is 57.6 Å². The van der Waals surface area contributed by atoms with Gasteiger partial charge in [-0.15, -0.1) is 0 Å². The molecule has 0 aromatic rings. The molecule has 0 unspecified atom stereocenters. The van der Waals surface area contributed by atoms with Gasteiger partial charge in [-0.05, 0) is 25.7 Å². The third-order valence-electron chi connectivity index (χ3n) is 2.67. The Bertz CT molecular complexity index is 129. The van der Waals surface area contributed by atoms with Crippen LogP contribution in [0.5, 0.6) is 0 Å². The van der Waals surface area contributed by atoms with Crippen LogP contribution in [0.1, 0.15) is 71.1 Å². The number of hydrogen-bond acceptors (Lipinski definition) is 1. The molecule has 0 aromatic heterocycles. The lowest BCUT2D eigenvalue weighted by Gasteiger charge is -1.98. The number of aliphatic hydroxyl groups is 1. The Morgan fingerprint density at radius 3 is 1.87 bits per heavy atom. The highest BCUT2D eigenvalue weighted by molar-refractivity contribution is 4.80. The van der Waals surface area contributed by atoms with Gasteiger partial charge in [0.2, 0.25) is 0 Å². The molecule has 0 radical (unpaired) electrons. The topological polar surface area (TPSA) is 20.2 Å². The average molecular weight is 212 g/mol. The van der Waals surface area contributed by atoms with Crippen molar-refractivity contribution in [2.24, 2.45) is 0 Å². The molecule has 90 valence electrons. The van der Waals surface area contributed by atoms with E-state index in [1.807, 2.05) is 0 Å². The maximum Gasteiger partial charge on any atom is 0.0431 e. The summed E-state index contributed by atoms with van der Waals surface area (Å²) < 4.78 is 0. The molecule has 0 amide bonds. The molecule has 0 rings (SSSR count). The molecule has 0 aliphatic rings. The normalized spacial score (nSPS) is 11.3. The van der Waals surface area contributed by atoms with Gasteiger partial charge in [0, 0.05) is 6.61 Å². The van der Waals surface area contributed by atoms with E-state index in [0.29, 0.717) is 6.61 Å². The Hall–Kier alpha value is -0.300. The predicted octanol–water partition coefficient (Wildman–Crippen LogP) is 4.46. The van der Waals surface area contributed by atoms with E-state index >= 15 is 0 Å². The monoisotopic (exact) mass is 212 g/mol. The molecule has 0 aromatic carbocycles. The van der Waals surface area contributed by atoms with E-state index in [1.165, 1.54) is 57.8 Å².